The lowest BCUT2D eigenvalue weighted by atomic mass is 10.1. The number of likely N-dealkylation sites (N-methyl/N-ethyl adjacent to an activating group) is 1. The summed E-state index contributed by atoms with van der Waals surface area (Å²) < 4.78 is 5.31. The summed E-state index contributed by atoms with van der Waals surface area (Å²) >= 11 is 0. The van der Waals surface area contributed by atoms with Crippen molar-refractivity contribution in [1.29, 1.82) is 0 Å². The molecule has 88 valence electrons. The third-order valence-corrected chi connectivity index (χ3v) is 3.16. The zero-order valence-electron chi connectivity index (χ0n) is 10.2. The van der Waals surface area contributed by atoms with Gasteiger partial charge in [-0.3, -0.25) is 9.69 Å². The molecular weight excluding hydrogens is 192 g/mol. The molecule has 1 saturated heterocycles. The van der Waals surface area contributed by atoms with Crippen LogP contribution in [0.25, 0.3) is 0 Å². The summed E-state index contributed by atoms with van der Waals surface area (Å²) in [7, 11) is 5.37. The number of amides is 1. The highest BCUT2D eigenvalue weighted by molar-refractivity contribution is 5.80. The second kappa shape index (κ2) is 5.47. The van der Waals surface area contributed by atoms with E-state index >= 15 is 0 Å². The van der Waals surface area contributed by atoms with Crippen molar-refractivity contribution in [2.45, 2.75) is 31.9 Å². The van der Waals surface area contributed by atoms with Gasteiger partial charge in [-0.1, -0.05) is 0 Å². The summed E-state index contributed by atoms with van der Waals surface area (Å²) in [6, 6.07) is -0.00203. The molecule has 1 fully saturated rings. The van der Waals surface area contributed by atoms with E-state index in [1.54, 1.807) is 26.1 Å². The molecule has 1 heterocycles. The van der Waals surface area contributed by atoms with Gasteiger partial charge in [-0.2, -0.15) is 0 Å². The monoisotopic (exact) mass is 214 g/mol. The molecule has 0 aromatic heterocycles. The lowest BCUT2D eigenvalue weighted by Gasteiger charge is -2.35. The zero-order chi connectivity index (χ0) is 11.4. The average molecular weight is 214 g/mol. The summed E-state index contributed by atoms with van der Waals surface area (Å²) in [5.74, 6) is 0.186. The van der Waals surface area contributed by atoms with E-state index in [1.807, 2.05) is 6.92 Å². The summed E-state index contributed by atoms with van der Waals surface area (Å²) in [6.45, 7) is 3.90. The quantitative estimate of drug-likeness (QED) is 0.689. The molecule has 1 aliphatic rings. The Morgan fingerprint density at radius 1 is 1.40 bits per heavy atom. The van der Waals surface area contributed by atoms with Crippen LogP contribution in [0.3, 0.4) is 0 Å². The summed E-state index contributed by atoms with van der Waals surface area (Å²) in [6.07, 6.45) is 2.44. The van der Waals surface area contributed by atoms with Gasteiger partial charge in [-0.25, -0.2) is 0 Å². The van der Waals surface area contributed by atoms with Crippen molar-refractivity contribution in [3.8, 4) is 0 Å². The minimum atomic E-state index is -0.00203. The maximum atomic E-state index is 11.7. The van der Waals surface area contributed by atoms with Crippen LogP contribution in [0, 0.1) is 0 Å². The predicted octanol–water partition coefficient (Wildman–Crippen LogP) is 0.574. The summed E-state index contributed by atoms with van der Waals surface area (Å²) in [5.41, 5.74) is 0. The predicted molar refractivity (Wildman–Crippen MR) is 59.8 cm³/mol. The van der Waals surface area contributed by atoms with E-state index in [2.05, 4.69) is 4.90 Å². The van der Waals surface area contributed by atoms with Crippen molar-refractivity contribution in [2.75, 3.05) is 34.3 Å². The molecule has 1 rings (SSSR count). The van der Waals surface area contributed by atoms with Crippen LogP contribution in [-0.2, 0) is 9.53 Å². The van der Waals surface area contributed by atoms with Gasteiger partial charge < -0.3 is 9.64 Å². The first kappa shape index (κ1) is 12.5. The van der Waals surface area contributed by atoms with Gasteiger partial charge in [0, 0.05) is 34.3 Å². The first-order valence-corrected chi connectivity index (χ1v) is 5.54. The van der Waals surface area contributed by atoms with Crippen LogP contribution in [0.15, 0.2) is 0 Å². The third kappa shape index (κ3) is 3.18. The van der Waals surface area contributed by atoms with Crippen LogP contribution in [-0.4, -0.2) is 62.1 Å². The van der Waals surface area contributed by atoms with Gasteiger partial charge in [0.1, 0.15) is 0 Å². The number of hydrogen-bond donors (Lipinski definition) is 0. The molecule has 0 aromatic carbocycles. The first-order chi connectivity index (χ1) is 7.06. The molecular formula is C11H22N2O2. The molecule has 15 heavy (non-hydrogen) atoms. The van der Waals surface area contributed by atoms with Crippen LogP contribution in [0.2, 0.25) is 0 Å². The minimum absolute atomic E-state index is 0.00203. The number of nitrogens with zero attached hydrogens (tertiary/aromatic N) is 2. The molecule has 0 radical (unpaired) electrons. The highest BCUT2D eigenvalue weighted by atomic mass is 16.5. The van der Waals surface area contributed by atoms with Crippen LogP contribution < -0.4 is 0 Å². The molecule has 4 heteroatoms. The maximum Gasteiger partial charge on any atom is 0.239 e. The van der Waals surface area contributed by atoms with Crippen molar-refractivity contribution >= 4 is 5.91 Å². The smallest absolute Gasteiger partial charge is 0.239 e. The second-order valence-electron chi connectivity index (χ2n) is 4.38. The van der Waals surface area contributed by atoms with Crippen molar-refractivity contribution < 1.29 is 9.53 Å². The Balaban J connectivity index is 2.42. The van der Waals surface area contributed by atoms with Crippen LogP contribution in [0.1, 0.15) is 19.8 Å². The van der Waals surface area contributed by atoms with Gasteiger partial charge in [0.05, 0.1) is 12.1 Å². The van der Waals surface area contributed by atoms with Gasteiger partial charge in [0.25, 0.3) is 0 Å². The number of carbonyl (C=O) groups excluding carboxylic acids is 1. The van der Waals surface area contributed by atoms with Crippen LogP contribution >= 0.6 is 0 Å². The molecule has 0 bridgehead atoms. The van der Waals surface area contributed by atoms with Gasteiger partial charge in [-0.15, -0.1) is 0 Å². The van der Waals surface area contributed by atoms with E-state index < -0.39 is 0 Å². The largest absolute Gasteiger partial charge is 0.381 e. The number of carbonyl (C=O) groups is 1. The molecule has 1 amide bonds. The van der Waals surface area contributed by atoms with E-state index in [4.69, 9.17) is 4.74 Å². The Morgan fingerprint density at radius 3 is 2.33 bits per heavy atom. The van der Waals surface area contributed by atoms with Crippen molar-refractivity contribution in [2.24, 2.45) is 0 Å². The summed E-state index contributed by atoms with van der Waals surface area (Å²) in [4.78, 5) is 15.6. The van der Waals surface area contributed by atoms with Crippen LogP contribution in [0.5, 0.6) is 0 Å². The van der Waals surface area contributed by atoms with Crippen molar-refractivity contribution in [3.05, 3.63) is 0 Å². The van der Waals surface area contributed by atoms with E-state index in [9.17, 15) is 4.79 Å². The average Bonchev–Trinajstić information content (AvgIpc) is 2.27. The van der Waals surface area contributed by atoms with E-state index in [0.717, 1.165) is 25.9 Å². The minimum Gasteiger partial charge on any atom is -0.381 e. The molecule has 0 unspecified atom stereocenters. The number of piperidine rings is 1. The Labute approximate surface area is 92.2 Å². The topological polar surface area (TPSA) is 32.8 Å². The molecule has 1 atom stereocenters. The first-order valence-electron chi connectivity index (χ1n) is 5.54. The number of ether oxygens (including phenoxy) is 1. The third-order valence-electron chi connectivity index (χ3n) is 3.16. The molecule has 0 spiro atoms. The Bertz CT molecular complexity index is 211. The van der Waals surface area contributed by atoms with Gasteiger partial charge in [-0.05, 0) is 19.8 Å². The Hall–Kier alpha value is -0.610. The molecule has 0 aromatic rings. The van der Waals surface area contributed by atoms with E-state index in [0.29, 0.717) is 6.10 Å². The maximum absolute atomic E-state index is 11.7. The number of rotatable bonds is 3. The van der Waals surface area contributed by atoms with Gasteiger partial charge >= 0.3 is 0 Å². The zero-order valence-corrected chi connectivity index (χ0v) is 10.2. The summed E-state index contributed by atoms with van der Waals surface area (Å²) in [5, 5.41) is 0. The highest BCUT2D eigenvalue weighted by Gasteiger charge is 2.27. The Morgan fingerprint density at radius 2 is 1.93 bits per heavy atom. The molecule has 1 aliphatic heterocycles. The lowest BCUT2D eigenvalue weighted by molar-refractivity contribution is -0.134. The molecule has 0 N–H and O–H groups in total. The SMILES string of the molecule is COC1CCN([C@@H](C)C(=O)N(C)C)CC1. The standard InChI is InChI=1S/C11H22N2O2/c1-9(11(14)12(2)3)13-7-5-10(15-4)6-8-13/h9-10H,5-8H2,1-4H3/t9-/m0/s1. The Kier molecular flexibility index (Phi) is 4.54. The van der Waals surface area contributed by atoms with E-state index in [-0.39, 0.29) is 11.9 Å². The molecule has 4 nitrogen and oxygen atoms in total. The fourth-order valence-corrected chi connectivity index (χ4v) is 2.03. The number of hydrogen-bond acceptors (Lipinski definition) is 3. The molecule has 0 saturated carbocycles. The van der Waals surface area contributed by atoms with Crippen molar-refractivity contribution in [3.63, 3.8) is 0 Å². The fourth-order valence-electron chi connectivity index (χ4n) is 2.03. The van der Waals surface area contributed by atoms with Gasteiger partial charge in [0.2, 0.25) is 5.91 Å². The normalized spacial score (nSPS) is 21.3. The van der Waals surface area contributed by atoms with Gasteiger partial charge in [0.15, 0.2) is 0 Å². The number of likely N-dealkylation sites (tertiary alicyclic amines) is 1. The lowest BCUT2D eigenvalue weighted by Crippen LogP contribution is -2.48. The van der Waals surface area contributed by atoms with Crippen LogP contribution in [0.4, 0.5) is 0 Å². The van der Waals surface area contributed by atoms with Crippen molar-refractivity contribution in [1.82, 2.24) is 9.80 Å². The second-order valence-corrected chi connectivity index (χ2v) is 4.38. The number of methoxy groups -OCH3 is 1. The molecule has 0 aliphatic carbocycles. The highest BCUT2D eigenvalue weighted by Crippen LogP contribution is 2.15. The van der Waals surface area contributed by atoms with E-state index in [1.165, 1.54) is 0 Å². The fraction of sp³-hybridized carbons (Fsp3) is 0.909.